The SMILES string of the molecule is CCCCCCN=C(N)NCCC(=O)NCc1ccccc1. The third kappa shape index (κ3) is 9.00. The molecule has 0 aliphatic heterocycles. The van der Waals surface area contributed by atoms with Gasteiger partial charge in [-0.1, -0.05) is 56.5 Å². The Kier molecular flexibility index (Phi) is 9.50. The monoisotopic (exact) mass is 304 g/mol. The summed E-state index contributed by atoms with van der Waals surface area (Å²) in [6.45, 7) is 3.99. The first-order valence-corrected chi connectivity index (χ1v) is 8.06. The summed E-state index contributed by atoms with van der Waals surface area (Å²) in [5, 5.41) is 5.85. The van der Waals surface area contributed by atoms with Crippen molar-refractivity contribution in [1.29, 1.82) is 0 Å². The van der Waals surface area contributed by atoms with E-state index >= 15 is 0 Å². The van der Waals surface area contributed by atoms with Crippen molar-refractivity contribution in [2.75, 3.05) is 13.1 Å². The molecule has 0 aliphatic rings. The molecule has 0 bridgehead atoms. The summed E-state index contributed by atoms with van der Waals surface area (Å²) in [6, 6.07) is 9.85. The normalized spacial score (nSPS) is 11.2. The molecule has 0 radical (unpaired) electrons. The molecule has 122 valence electrons. The highest BCUT2D eigenvalue weighted by Gasteiger charge is 2.01. The second kappa shape index (κ2) is 11.6. The van der Waals surface area contributed by atoms with Gasteiger partial charge in [0.05, 0.1) is 0 Å². The zero-order valence-corrected chi connectivity index (χ0v) is 13.5. The molecule has 0 spiro atoms. The van der Waals surface area contributed by atoms with Gasteiger partial charge in [-0.3, -0.25) is 9.79 Å². The van der Waals surface area contributed by atoms with E-state index in [0.29, 0.717) is 25.5 Å². The van der Waals surface area contributed by atoms with Crippen molar-refractivity contribution in [1.82, 2.24) is 10.6 Å². The van der Waals surface area contributed by atoms with Crippen LogP contribution in [0.3, 0.4) is 0 Å². The van der Waals surface area contributed by atoms with Crippen molar-refractivity contribution >= 4 is 11.9 Å². The van der Waals surface area contributed by atoms with Crippen LogP contribution in [0.25, 0.3) is 0 Å². The van der Waals surface area contributed by atoms with E-state index in [1.165, 1.54) is 19.3 Å². The molecule has 0 saturated heterocycles. The molecular formula is C17H28N4O. The quantitative estimate of drug-likeness (QED) is 0.352. The standard InChI is InChI=1S/C17H28N4O/c1-2-3-4-8-12-19-17(18)20-13-11-16(22)21-14-15-9-6-5-7-10-15/h5-7,9-10H,2-4,8,11-14H2,1H3,(H,21,22)(H3,18,19,20). The van der Waals surface area contributed by atoms with Crippen molar-refractivity contribution in [2.24, 2.45) is 10.7 Å². The van der Waals surface area contributed by atoms with Crippen molar-refractivity contribution in [2.45, 2.75) is 45.6 Å². The molecule has 22 heavy (non-hydrogen) atoms. The predicted molar refractivity (Wildman–Crippen MR) is 91.5 cm³/mol. The van der Waals surface area contributed by atoms with Gasteiger partial charge in [0.1, 0.15) is 0 Å². The number of carbonyl (C=O) groups excluding carboxylic acids is 1. The molecule has 1 amide bonds. The van der Waals surface area contributed by atoms with Crippen LogP contribution >= 0.6 is 0 Å². The van der Waals surface area contributed by atoms with E-state index < -0.39 is 0 Å². The highest BCUT2D eigenvalue weighted by Crippen LogP contribution is 1.98. The topological polar surface area (TPSA) is 79.5 Å². The minimum absolute atomic E-state index is 0.00657. The molecule has 4 N–H and O–H groups in total. The molecule has 5 heteroatoms. The molecule has 0 saturated carbocycles. The second-order valence-electron chi connectivity index (χ2n) is 5.27. The zero-order valence-electron chi connectivity index (χ0n) is 13.5. The van der Waals surface area contributed by atoms with E-state index in [1.54, 1.807) is 0 Å². The molecule has 0 unspecified atom stereocenters. The maximum absolute atomic E-state index is 11.7. The average Bonchev–Trinajstić information content (AvgIpc) is 2.54. The summed E-state index contributed by atoms with van der Waals surface area (Å²) in [7, 11) is 0. The summed E-state index contributed by atoms with van der Waals surface area (Å²) in [5.74, 6) is 0.430. The van der Waals surface area contributed by atoms with Crippen molar-refractivity contribution in [3.63, 3.8) is 0 Å². The Balaban J connectivity index is 2.07. The molecule has 0 aromatic heterocycles. The van der Waals surface area contributed by atoms with Crippen LogP contribution in [0.4, 0.5) is 0 Å². The van der Waals surface area contributed by atoms with Crippen molar-refractivity contribution in [3.05, 3.63) is 35.9 Å². The van der Waals surface area contributed by atoms with Crippen LogP contribution in [0.5, 0.6) is 0 Å². The van der Waals surface area contributed by atoms with E-state index in [-0.39, 0.29) is 5.91 Å². The molecule has 1 aromatic rings. The molecular weight excluding hydrogens is 276 g/mol. The Morgan fingerprint density at radius 2 is 1.91 bits per heavy atom. The van der Waals surface area contributed by atoms with Gasteiger partial charge in [0.25, 0.3) is 0 Å². The van der Waals surface area contributed by atoms with Gasteiger partial charge in [-0.2, -0.15) is 0 Å². The minimum atomic E-state index is 0.00657. The van der Waals surface area contributed by atoms with E-state index in [4.69, 9.17) is 5.73 Å². The first kappa shape index (κ1) is 18.0. The number of amides is 1. The molecule has 0 aliphatic carbocycles. The van der Waals surface area contributed by atoms with Gasteiger partial charge in [-0.15, -0.1) is 0 Å². The average molecular weight is 304 g/mol. The molecule has 0 fully saturated rings. The number of nitrogens with one attached hydrogen (secondary N) is 2. The lowest BCUT2D eigenvalue weighted by molar-refractivity contribution is -0.121. The molecule has 5 nitrogen and oxygen atoms in total. The largest absolute Gasteiger partial charge is 0.370 e. The number of benzene rings is 1. The summed E-state index contributed by atoms with van der Waals surface area (Å²) in [6.07, 6.45) is 5.10. The number of guanidine groups is 1. The fourth-order valence-corrected chi connectivity index (χ4v) is 1.98. The van der Waals surface area contributed by atoms with Gasteiger partial charge in [0.15, 0.2) is 5.96 Å². The van der Waals surface area contributed by atoms with Gasteiger partial charge < -0.3 is 16.4 Å². The van der Waals surface area contributed by atoms with Gasteiger partial charge >= 0.3 is 0 Å². The van der Waals surface area contributed by atoms with Crippen molar-refractivity contribution < 1.29 is 4.79 Å². The molecule has 0 atom stereocenters. The van der Waals surface area contributed by atoms with Crippen LogP contribution in [-0.2, 0) is 11.3 Å². The van der Waals surface area contributed by atoms with Crippen LogP contribution in [0.15, 0.2) is 35.3 Å². The lowest BCUT2D eigenvalue weighted by Gasteiger charge is -2.07. The summed E-state index contributed by atoms with van der Waals surface area (Å²) in [4.78, 5) is 15.9. The maximum atomic E-state index is 11.7. The zero-order chi connectivity index (χ0) is 16.0. The predicted octanol–water partition coefficient (Wildman–Crippen LogP) is 2.18. The smallest absolute Gasteiger partial charge is 0.222 e. The number of rotatable bonds is 10. The van der Waals surface area contributed by atoms with E-state index in [2.05, 4.69) is 22.5 Å². The number of nitrogens with zero attached hydrogens (tertiary/aromatic N) is 1. The second-order valence-corrected chi connectivity index (χ2v) is 5.27. The third-order valence-electron chi connectivity index (χ3n) is 3.28. The first-order chi connectivity index (χ1) is 10.7. The molecule has 1 aromatic carbocycles. The van der Waals surface area contributed by atoms with Crippen molar-refractivity contribution in [3.8, 4) is 0 Å². The highest BCUT2D eigenvalue weighted by molar-refractivity contribution is 5.79. The number of hydrogen-bond acceptors (Lipinski definition) is 2. The van der Waals surface area contributed by atoms with E-state index in [1.807, 2.05) is 30.3 Å². The van der Waals surface area contributed by atoms with Crippen LogP contribution < -0.4 is 16.4 Å². The molecule has 1 rings (SSSR count). The Bertz CT molecular complexity index is 445. The van der Waals surface area contributed by atoms with Crippen LogP contribution in [0.2, 0.25) is 0 Å². The summed E-state index contributed by atoms with van der Waals surface area (Å²) >= 11 is 0. The van der Waals surface area contributed by atoms with Crippen LogP contribution in [0, 0.1) is 0 Å². The van der Waals surface area contributed by atoms with E-state index in [9.17, 15) is 4.79 Å². The van der Waals surface area contributed by atoms with E-state index in [0.717, 1.165) is 18.5 Å². The Morgan fingerprint density at radius 3 is 2.64 bits per heavy atom. The lowest BCUT2D eigenvalue weighted by Crippen LogP contribution is -2.35. The molecule has 0 heterocycles. The Morgan fingerprint density at radius 1 is 1.14 bits per heavy atom. The minimum Gasteiger partial charge on any atom is -0.370 e. The number of carbonyl (C=O) groups is 1. The Hall–Kier alpha value is -2.04. The number of unbranched alkanes of at least 4 members (excludes halogenated alkanes) is 3. The fourth-order valence-electron chi connectivity index (χ4n) is 1.98. The Labute approximate surface area is 133 Å². The number of aliphatic imine (C=N–C) groups is 1. The van der Waals surface area contributed by atoms with Gasteiger partial charge in [-0.05, 0) is 12.0 Å². The number of nitrogens with two attached hydrogens (primary N) is 1. The fraction of sp³-hybridized carbons (Fsp3) is 0.529. The van der Waals surface area contributed by atoms with Crippen LogP contribution in [0.1, 0.15) is 44.6 Å². The highest BCUT2D eigenvalue weighted by atomic mass is 16.1. The summed E-state index contributed by atoms with van der Waals surface area (Å²) in [5.41, 5.74) is 6.84. The van der Waals surface area contributed by atoms with Gasteiger partial charge in [0, 0.05) is 26.1 Å². The number of hydrogen-bond donors (Lipinski definition) is 3. The van der Waals surface area contributed by atoms with Crippen LogP contribution in [-0.4, -0.2) is 25.0 Å². The summed E-state index contributed by atoms with van der Waals surface area (Å²) < 4.78 is 0. The third-order valence-corrected chi connectivity index (χ3v) is 3.28. The lowest BCUT2D eigenvalue weighted by atomic mass is 10.2. The van der Waals surface area contributed by atoms with Gasteiger partial charge in [0.2, 0.25) is 5.91 Å². The van der Waals surface area contributed by atoms with Gasteiger partial charge in [-0.25, -0.2) is 0 Å². The first-order valence-electron chi connectivity index (χ1n) is 8.06. The maximum Gasteiger partial charge on any atom is 0.222 e.